The summed E-state index contributed by atoms with van der Waals surface area (Å²) in [4.78, 5) is 0. The van der Waals surface area contributed by atoms with E-state index in [4.69, 9.17) is 4.74 Å². The number of rotatable bonds is 17. The summed E-state index contributed by atoms with van der Waals surface area (Å²) in [5.74, 6) is -6.58. The highest BCUT2D eigenvalue weighted by atomic mass is 19.4. The van der Waals surface area contributed by atoms with Gasteiger partial charge in [0, 0.05) is 56.8 Å². The molecule has 1 aliphatic heterocycles. The number of alkyl halides is 16. The molecule has 1 saturated heterocycles. The molecule has 0 N–H and O–H groups in total. The molecule has 3 atom stereocenters. The Kier molecular flexibility index (Phi) is 67.6. The van der Waals surface area contributed by atoms with Crippen molar-refractivity contribution in [3.63, 3.8) is 0 Å². The summed E-state index contributed by atoms with van der Waals surface area (Å²) in [7, 11) is 0. The van der Waals surface area contributed by atoms with Gasteiger partial charge in [-0.25, -0.2) is 57.1 Å². The van der Waals surface area contributed by atoms with Crippen LogP contribution in [-0.4, -0.2) is 72.4 Å². The van der Waals surface area contributed by atoms with Crippen LogP contribution in [0.4, 0.5) is 70.2 Å². The van der Waals surface area contributed by atoms with E-state index in [-0.39, 0.29) is 93.7 Å². The fraction of sp³-hybridized carbons (Fsp3) is 1.00. The van der Waals surface area contributed by atoms with Crippen LogP contribution in [0.25, 0.3) is 0 Å². The quantitative estimate of drug-likeness (QED) is 0.132. The van der Waals surface area contributed by atoms with Crippen LogP contribution in [0, 0.1) is 87.1 Å². The SMILES string of the molecule is CC(C)(C)CC(C)(C)C.CC(C)(C)CC(C)(C)F.CC(C)(C)CC(F)(F)F.CC(C)(C)CC(F)F.CC(C)(C)CC1(C)COC1.CC(C)(C)CC1(F)CC1.CC(C)CC(C)(C)C.CCC(C)(F)CC(C)(C)C.CCC(C)(F)CC(C)(C)C.CCC(F)(F)CC(C)(C)C.CCC(F)(F)CC(C)(C)C.CCC(F)(F)CC(C)(C)C.CCC(F)CC(C)(C)C. The minimum Gasteiger partial charge on any atom is -0.380 e. The van der Waals surface area contributed by atoms with E-state index in [1.165, 1.54) is 40.0 Å². The standard InChI is InChI=1S/2C9H19F.C9H18O.C9H20.3C8H16F2.C8H15F.2C8H17F.C8H18.C6H11F3.C6H12F2/c2*1-6-9(5,10)7-8(2,3)4;1-8(2,3)5-9(4)6-10-7-9;1-8(2,3)7-9(4,5)6;3*1-5-8(9,10)6-7(2,3)4;1-7(2,3)6-8(9)4-5-8;1-7(2,3)6-8(4,5)9;1-5-7(9)6-8(2,3)4;1-7(2)6-8(3,4)5;1-5(2,3)4-6(7,8)9;1-6(2,3)4-5(7)8/h2*6-7H2,1-5H3;5-7H2,1-4H3;7H2,1-6H3;3*5-6H2,1-4H3;4-6H2,1-3H3;6H2,1-5H3;7H,5-6H2,1-4H3;7H,6H2,1-5H3;4H2,1-3H3;5H,4H2,1-3H3. The maximum absolute atomic E-state index is 13.3. The monoisotopic (exact) mass is 1780 g/mol. The van der Waals surface area contributed by atoms with Crippen molar-refractivity contribution in [3.05, 3.63) is 0 Å². The Labute approximate surface area is 746 Å². The van der Waals surface area contributed by atoms with Gasteiger partial charge in [0.15, 0.2) is 0 Å². The molecule has 0 aromatic carbocycles. The van der Waals surface area contributed by atoms with Gasteiger partial charge in [0.05, 0.1) is 13.2 Å². The van der Waals surface area contributed by atoms with E-state index in [0.29, 0.717) is 72.0 Å². The van der Waals surface area contributed by atoms with Gasteiger partial charge in [-0.3, -0.25) is 0 Å². The highest BCUT2D eigenvalue weighted by Crippen LogP contribution is 2.48. The van der Waals surface area contributed by atoms with E-state index >= 15 is 0 Å². The van der Waals surface area contributed by atoms with Crippen molar-refractivity contribution in [2.45, 2.75) is 575 Å². The third kappa shape index (κ3) is 150. The lowest BCUT2D eigenvalue weighted by molar-refractivity contribution is -0.152. The Morgan fingerprint density at radius 3 is 0.545 bits per heavy atom. The van der Waals surface area contributed by atoms with E-state index in [1.807, 2.05) is 104 Å². The molecule has 1 heterocycles. The van der Waals surface area contributed by atoms with Crippen LogP contribution in [0.5, 0.6) is 0 Å². The predicted octanol–water partition coefficient (Wildman–Crippen LogP) is 41.5. The summed E-state index contributed by atoms with van der Waals surface area (Å²) in [5, 5.41) is 0. The first-order chi connectivity index (χ1) is 51.6. The first-order valence-corrected chi connectivity index (χ1v) is 46.0. The maximum Gasteiger partial charge on any atom is 0.389 e. The minimum atomic E-state index is -4.02. The van der Waals surface area contributed by atoms with Gasteiger partial charge in [0.1, 0.15) is 28.8 Å². The van der Waals surface area contributed by atoms with Crippen molar-refractivity contribution in [2.75, 3.05) is 13.2 Å². The zero-order valence-corrected chi connectivity index (χ0v) is 91.0. The van der Waals surface area contributed by atoms with Crippen LogP contribution in [-0.2, 0) is 4.74 Å². The second kappa shape index (κ2) is 57.2. The van der Waals surface area contributed by atoms with Crippen molar-refractivity contribution in [2.24, 2.45) is 87.1 Å². The highest BCUT2D eigenvalue weighted by Gasteiger charge is 2.46. The number of hydrogen-bond donors (Lipinski definition) is 0. The van der Waals surface area contributed by atoms with Crippen molar-refractivity contribution in [1.29, 1.82) is 0 Å². The molecule has 2 aliphatic rings. The molecule has 1 saturated carbocycles. The molecule has 2 fully saturated rings. The molecule has 0 radical (unpaired) electrons. The van der Waals surface area contributed by atoms with Gasteiger partial charge in [-0.1, -0.05) is 353 Å². The summed E-state index contributed by atoms with van der Waals surface area (Å²) in [6.45, 7) is 111. The summed E-state index contributed by atoms with van der Waals surface area (Å²) in [5.41, 5.74) is -2.31. The summed E-state index contributed by atoms with van der Waals surface area (Å²) >= 11 is 0. The topological polar surface area (TPSA) is 9.23 Å². The summed E-state index contributed by atoms with van der Waals surface area (Å²) in [6.07, 6.45) is 3.01. The maximum atomic E-state index is 13.3. The molecule has 1 aliphatic carbocycles. The van der Waals surface area contributed by atoms with Gasteiger partial charge in [0.25, 0.3) is 0 Å². The molecular formula is C104H214F16O. The van der Waals surface area contributed by atoms with Crippen LogP contribution in [0.2, 0.25) is 0 Å². The zero-order valence-electron chi connectivity index (χ0n) is 91.0. The zero-order chi connectivity index (χ0) is 101. The Hall–Kier alpha value is -1.16. The third-order valence-corrected chi connectivity index (χ3v) is 16.5. The summed E-state index contributed by atoms with van der Waals surface area (Å²) in [6, 6.07) is 0. The first-order valence-electron chi connectivity index (χ1n) is 46.0. The van der Waals surface area contributed by atoms with Crippen LogP contribution >= 0.6 is 0 Å². The van der Waals surface area contributed by atoms with Crippen LogP contribution < -0.4 is 0 Å². The van der Waals surface area contributed by atoms with Gasteiger partial charge in [-0.15, -0.1) is 0 Å². The second-order valence-corrected chi connectivity index (χ2v) is 54.5. The number of hydrogen-bond acceptors (Lipinski definition) is 1. The number of ether oxygens (including phenoxy) is 1. The lowest BCUT2D eigenvalue weighted by Gasteiger charge is -2.42. The average molecular weight is 1780 g/mol. The molecule has 17 heteroatoms. The third-order valence-electron chi connectivity index (χ3n) is 16.5. The van der Waals surface area contributed by atoms with Gasteiger partial charge in [-0.2, -0.15) is 13.2 Å². The van der Waals surface area contributed by atoms with Crippen molar-refractivity contribution in [3.8, 4) is 0 Å². The van der Waals surface area contributed by atoms with Gasteiger partial charge < -0.3 is 4.74 Å². The van der Waals surface area contributed by atoms with E-state index in [2.05, 4.69) is 187 Å². The fourth-order valence-electron chi connectivity index (χ4n) is 14.2. The lowest BCUT2D eigenvalue weighted by atomic mass is 9.74. The van der Waals surface area contributed by atoms with Crippen LogP contribution in [0.3, 0.4) is 0 Å². The first kappa shape index (κ1) is 143. The smallest absolute Gasteiger partial charge is 0.380 e. The van der Waals surface area contributed by atoms with Crippen molar-refractivity contribution in [1.82, 2.24) is 0 Å². The Morgan fingerprint density at radius 2 is 0.504 bits per heavy atom. The molecule has 2 rings (SSSR count). The highest BCUT2D eigenvalue weighted by molar-refractivity contribution is 4.97. The molecule has 3 unspecified atom stereocenters. The normalized spacial score (nSPS) is 16.2. The second-order valence-electron chi connectivity index (χ2n) is 54.5. The van der Waals surface area contributed by atoms with Gasteiger partial charge in [0.2, 0.25) is 24.2 Å². The summed E-state index contributed by atoms with van der Waals surface area (Å²) < 4.78 is 204. The molecule has 1 nitrogen and oxygen atoms in total. The van der Waals surface area contributed by atoms with Crippen LogP contribution in [0.15, 0.2) is 0 Å². The largest absolute Gasteiger partial charge is 0.389 e. The predicted molar refractivity (Wildman–Crippen MR) is 507 cm³/mol. The Morgan fingerprint density at radius 1 is 0.273 bits per heavy atom. The molecular weight excluding hydrogens is 1570 g/mol. The van der Waals surface area contributed by atoms with E-state index < -0.39 is 71.1 Å². The Bertz CT molecular complexity index is 2060. The molecule has 0 aromatic heterocycles. The Balaban J connectivity index is -0.000000120. The van der Waals surface area contributed by atoms with Gasteiger partial charge >= 0.3 is 6.18 Å². The molecule has 748 valence electrons. The molecule has 121 heavy (non-hydrogen) atoms. The van der Waals surface area contributed by atoms with E-state index in [0.717, 1.165) is 38.4 Å². The number of halogens is 16. The molecule has 0 amide bonds. The van der Waals surface area contributed by atoms with Crippen molar-refractivity contribution < 1.29 is 75.0 Å². The average Bonchev–Trinajstić information content (AvgIpc) is 1.79. The van der Waals surface area contributed by atoms with E-state index in [9.17, 15) is 70.2 Å². The van der Waals surface area contributed by atoms with E-state index in [1.54, 1.807) is 69.2 Å². The van der Waals surface area contributed by atoms with Gasteiger partial charge in [-0.05, 0) is 193 Å². The van der Waals surface area contributed by atoms with Crippen molar-refractivity contribution >= 4 is 0 Å². The molecule has 0 bridgehead atoms. The minimum absolute atomic E-state index is 0.00694. The molecule has 0 spiro atoms. The lowest BCUT2D eigenvalue weighted by Crippen LogP contribution is -2.42. The van der Waals surface area contributed by atoms with Crippen LogP contribution in [0.1, 0.15) is 516 Å². The fourth-order valence-corrected chi connectivity index (χ4v) is 14.2. The molecule has 0 aromatic rings.